The van der Waals surface area contributed by atoms with Gasteiger partial charge in [-0.05, 0) is 63.5 Å². The molecule has 1 N–H and O–H groups in total. The molecule has 136 valence electrons. The normalized spacial score (nSPS) is 18.7. The summed E-state index contributed by atoms with van der Waals surface area (Å²) >= 11 is 0. The first kappa shape index (κ1) is 20.9. The van der Waals surface area contributed by atoms with Crippen molar-refractivity contribution < 1.29 is 17.9 Å². The summed E-state index contributed by atoms with van der Waals surface area (Å²) < 4.78 is 31.9. The maximum atomic E-state index is 12.7. The molecule has 0 radical (unpaired) electrons. The molecular weight excluding hydrogens is 352 g/mol. The van der Waals surface area contributed by atoms with Crippen LogP contribution in [-0.2, 0) is 14.8 Å². The number of rotatable bonds is 6. The molecule has 1 saturated heterocycles. The van der Waals surface area contributed by atoms with Crippen LogP contribution in [0.25, 0.3) is 0 Å². The number of carbonyl (C=O) groups excluding carboxylic acids is 1. The van der Waals surface area contributed by atoms with Gasteiger partial charge in [0.2, 0.25) is 10.0 Å². The monoisotopic (exact) mass is 376 g/mol. The van der Waals surface area contributed by atoms with Crippen LogP contribution in [0.4, 0.5) is 0 Å². The number of benzene rings is 1. The SMILES string of the molecule is CCOC(=O)c1ccc(S(=O)(=O)N2CCCC(CNC)C2)cc1.Cl. The summed E-state index contributed by atoms with van der Waals surface area (Å²) in [5.41, 5.74) is 0.359. The van der Waals surface area contributed by atoms with E-state index < -0.39 is 16.0 Å². The van der Waals surface area contributed by atoms with Gasteiger partial charge in [-0.15, -0.1) is 12.4 Å². The Hall–Kier alpha value is -1.15. The molecule has 6 nitrogen and oxygen atoms in total. The van der Waals surface area contributed by atoms with Gasteiger partial charge in [-0.2, -0.15) is 4.31 Å². The van der Waals surface area contributed by atoms with Gasteiger partial charge in [-0.3, -0.25) is 0 Å². The summed E-state index contributed by atoms with van der Waals surface area (Å²) in [5, 5.41) is 3.11. The molecule has 1 aromatic rings. The fourth-order valence-electron chi connectivity index (χ4n) is 2.83. The van der Waals surface area contributed by atoms with Crippen LogP contribution in [0.2, 0.25) is 0 Å². The number of hydrogen-bond donors (Lipinski definition) is 1. The molecule has 24 heavy (non-hydrogen) atoms. The van der Waals surface area contributed by atoms with Gasteiger partial charge in [0.05, 0.1) is 17.1 Å². The standard InChI is InChI=1S/C16H24N2O4S.ClH/c1-3-22-16(19)14-6-8-15(9-7-14)23(20,21)18-10-4-5-13(12-18)11-17-2;/h6-9,13,17H,3-5,10-12H2,1-2H3;1H. The highest BCUT2D eigenvalue weighted by molar-refractivity contribution is 7.89. The number of nitrogens with zero attached hydrogens (tertiary/aromatic N) is 1. The van der Waals surface area contributed by atoms with Crippen LogP contribution in [0, 0.1) is 5.92 Å². The lowest BCUT2D eigenvalue weighted by atomic mass is 10.00. The Morgan fingerprint density at radius 2 is 2.00 bits per heavy atom. The van der Waals surface area contributed by atoms with Crippen molar-refractivity contribution in [2.45, 2.75) is 24.7 Å². The van der Waals surface area contributed by atoms with E-state index in [4.69, 9.17) is 4.74 Å². The maximum absolute atomic E-state index is 12.7. The third kappa shape index (κ3) is 4.92. The topological polar surface area (TPSA) is 75.7 Å². The second-order valence-corrected chi connectivity index (χ2v) is 7.61. The largest absolute Gasteiger partial charge is 0.462 e. The minimum absolute atomic E-state index is 0. The highest BCUT2D eigenvalue weighted by atomic mass is 35.5. The zero-order valence-electron chi connectivity index (χ0n) is 14.0. The van der Waals surface area contributed by atoms with E-state index in [-0.39, 0.29) is 17.3 Å². The minimum atomic E-state index is -3.51. The van der Waals surface area contributed by atoms with E-state index in [1.54, 1.807) is 6.92 Å². The van der Waals surface area contributed by atoms with Crippen molar-refractivity contribution in [3.63, 3.8) is 0 Å². The molecule has 1 atom stereocenters. The Kier molecular flexibility index (Phi) is 8.15. The zero-order chi connectivity index (χ0) is 16.9. The van der Waals surface area contributed by atoms with Crippen LogP contribution in [0.1, 0.15) is 30.1 Å². The van der Waals surface area contributed by atoms with Crippen molar-refractivity contribution >= 4 is 28.4 Å². The van der Waals surface area contributed by atoms with Crippen LogP contribution in [0.15, 0.2) is 29.2 Å². The van der Waals surface area contributed by atoms with E-state index in [2.05, 4.69) is 5.32 Å². The summed E-state index contributed by atoms with van der Waals surface area (Å²) in [6.07, 6.45) is 1.90. The van der Waals surface area contributed by atoms with Crippen molar-refractivity contribution in [1.82, 2.24) is 9.62 Å². The van der Waals surface area contributed by atoms with Gasteiger partial charge in [0.1, 0.15) is 0 Å². The third-order valence-corrected chi connectivity index (χ3v) is 5.86. The molecule has 0 saturated carbocycles. The summed E-state index contributed by atoms with van der Waals surface area (Å²) in [5.74, 6) is -0.106. The molecule has 0 amide bonds. The van der Waals surface area contributed by atoms with E-state index >= 15 is 0 Å². The molecule has 1 aliphatic heterocycles. The number of halogens is 1. The molecule has 1 aromatic carbocycles. The molecular formula is C16H25ClN2O4S. The third-order valence-electron chi connectivity index (χ3n) is 3.98. The second-order valence-electron chi connectivity index (χ2n) is 5.67. The smallest absolute Gasteiger partial charge is 0.338 e. The van der Waals surface area contributed by atoms with Gasteiger partial charge < -0.3 is 10.1 Å². The average Bonchev–Trinajstić information content (AvgIpc) is 2.56. The van der Waals surface area contributed by atoms with Gasteiger partial charge in [0, 0.05) is 13.1 Å². The van der Waals surface area contributed by atoms with Crippen molar-refractivity contribution in [2.24, 2.45) is 5.92 Å². The predicted molar refractivity (Wildman–Crippen MR) is 95.1 cm³/mol. The van der Waals surface area contributed by atoms with E-state index in [0.717, 1.165) is 19.4 Å². The quantitative estimate of drug-likeness (QED) is 0.767. The van der Waals surface area contributed by atoms with E-state index in [9.17, 15) is 13.2 Å². The van der Waals surface area contributed by atoms with Gasteiger partial charge in [0.15, 0.2) is 0 Å². The molecule has 8 heteroatoms. The molecule has 2 rings (SSSR count). The Morgan fingerprint density at radius 1 is 1.33 bits per heavy atom. The number of nitrogens with one attached hydrogen (secondary N) is 1. The molecule has 1 heterocycles. The van der Waals surface area contributed by atoms with Crippen molar-refractivity contribution in [1.29, 1.82) is 0 Å². The van der Waals surface area contributed by atoms with E-state index in [1.807, 2.05) is 7.05 Å². The number of piperidine rings is 1. The first-order valence-corrected chi connectivity index (χ1v) is 9.35. The number of carbonyl (C=O) groups is 1. The maximum Gasteiger partial charge on any atom is 0.338 e. The van der Waals surface area contributed by atoms with Gasteiger partial charge in [-0.1, -0.05) is 0 Å². The fraction of sp³-hybridized carbons (Fsp3) is 0.562. The summed E-state index contributed by atoms with van der Waals surface area (Å²) in [7, 11) is -1.64. The Labute approximate surface area is 150 Å². The Bertz CT molecular complexity index is 632. The van der Waals surface area contributed by atoms with Crippen LogP contribution in [-0.4, -0.2) is 52.0 Å². The lowest BCUT2D eigenvalue weighted by molar-refractivity contribution is 0.0526. The van der Waals surface area contributed by atoms with Crippen molar-refractivity contribution in [2.75, 3.05) is 33.3 Å². The van der Waals surface area contributed by atoms with E-state index in [1.165, 1.54) is 28.6 Å². The van der Waals surface area contributed by atoms with Crippen LogP contribution < -0.4 is 5.32 Å². The van der Waals surface area contributed by atoms with Gasteiger partial charge >= 0.3 is 5.97 Å². The molecule has 1 fully saturated rings. The van der Waals surface area contributed by atoms with Crippen LogP contribution in [0.5, 0.6) is 0 Å². The molecule has 0 aliphatic carbocycles. The summed E-state index contributed by atoms with van der Waals surface area (Å²) in [4.78, 5) is 11.9. The fourth-order valence-corrected chi connectivity index (χ4v) is 4.38. The first-order chi connectivity index (χ1) is 11.0. The first-order valence-electron chi connectivity index (χ1n) is 7.91. The lowest BCUT2D eigenvalue weighted by Gasteiger charge is -2.31. The van der Waals surface area contributed by atoms with Crippen LogP contribution >= 0.6 is 12.4 Å². The number of esters is 1. The van der Waals surface area contributed by atoms with Gasteiger partial charge in [-0.25, -0.2) is 13.2 Å². The van der Waals surface area contributed by atoms with Crippen molar-refractivity contribution in [3.05, 3.63) is 29.8 Å². The number of ether oxygens (including phenoxy) is 1. The summed E-state index contributed by atoms with van der Waals surface area (Å²) in [6, 6.07) is 5.95. The second kappa shape index (κ2) is 9.36. The van der Waals surface area contributed by atoms with Crippen LogP contribution in [0.3, 0.4) is 0 Å². The number of hydrogen-bond acceptors (Lipinski definition) is 5. The molecule has 0 aromatic heterocycles. The minimum Gasteiger partial charge on any atom is -0.462 e. The molecule has 1 aliphatic rings. The number of sulfonamides is 1. The van der Waals surface area contributed by atoms with Crippen molar-refractivity contribution in [3.8, 4) is 0 Å². The molecule has 0 spiro atoms. The summed E-state index contributed by atoms with van der Waals surface area (Å²) in [6.45, 7) is 3.91. The van der Waals surface area contributed by atoms with E-state index in [0.29, 0.717) is 31.2 Å². The lowest BCUT2D eigenvalue weighted by Crippen LogP contribution is -2.42. The Morgan fingerprint density at radius 3 is 2.58 bits per heavy atom. The predicted octanol–water partition coefficient (Wildman–Crippen LogP) is 1.91. The highest BCUT2D eigenvalue weighted by Gasteiger charge is 2.30. The average molecular weight is 377 g/mol. The van der Waals surface area contributed by atoms with Gasteiger partial charge in [0.25, 0.3) is 0 Å². The zero-order valence-corrected chi connectivity index (χ0v) is 15.7. The highest BCUT2D eigenvalue weighted by Crippen LogP contribution is 2.23. The Balaban J connectivity index is 0.00000288. The molecule has 0 bridgehead atoms. The molecule has 1 unspecified atom stereocenters.